The van der Waals surface area contributed by atoms with Crippen molar-refractivity contribution in [2.45, 2.75) is 6.92 Å². The summed E-state index contributed by atoms with van der Waals surface area (Å²) in [5.74, 6) is 3.69. The van der Waals surface area contributed by atoms with Gasteiger partial charge in [0.2, 0.25) is 5.88 Å². The maximum absolute atomic E-state index is 10.7. The molecule has 0 spiro atoms. The second kappa shape index (κ2) is 5.42. The van der Waals surface area contributed by atoms with Gasteiger partial charge in [-0.05, 0) is 30.7 Å². The quantitative estimate of drug-likeness (QED) is 0.274. The van der Waals surface area contributed by atoms with Crippen molar-refractivity contribution in [3.05, 3.63) is 40.4 Å². The van der Waals surface area contributed by atoms with Gasteiger partial charge >= 0.3 is 5.97 Å². The van der Waals surface area contributed by atoms with Gasteiger partial charge in [0, 0.05) is 5.02 Å². The Morgan fingerprint density at radius 2 is 2.12 bits per heavy atom. The van der Waals surface area contributed by atoms with Crippen molar-refractivity contribution in [2.24, 2.45) is 11.6 Å². The van der Waals surface area contributed by atoms with E-state index in [9.17, 15) is 4.79 Å². The van der Waals surface area contributed by atoms with Gasteiger partial charge in [-0.15, -0.1) is 0 Å². The third-order valence-electron chi connectivity index (χ3n) is 1.85. The Morgan fingerprint density at radius 1 is 1.47 bits per heavy atom. The summed E-state index contributed by atoms with van der Waals surface area (Å²) in [6.07, 6.45) is 0. The van der Waals surface area contributed by atoms with Gasteiger partial charge in [0.1, 0.15) is 5.75 Å². The zero-order valence-electron chi connectivity index (χ0n) is 9.03. The molecule has 1 aromatic carbocycles. The highest BCUT2D eigenvalue weighted by molar-refractivity contribution is 6.30. The fourth-order valence-electron chi connectivity index (χ4n) is 1.18. The molecule has 0 saturated carbocycles. The summed E-state index contributed by atoms with van der Waals surface area (Å²) in [6, 6.07) is 4.90. The number of aliphatic carboxylic acids is 1. The van der Waals surface area contributed by atoms with Crippen LogP contribution in [0, 0.1) is 6.92 Å². The summed E-state index contributed by atoms with van der Waals surface area (Å²) in [5.41, 5.74) is 7.83. The van der Waals surface area contributed by atoms with E-state index in [0.717, 1.165) is 5.56 Å². The molecular weight excluding hydrogens is 246 g/mol. The van der Waals surface area contributed by atoms with Crippen molar-refractivity contribution in [1.82, 2.24) is 5.43 Å². The number of aryl methyl sites for hydroxylation is 1. The van der Waals surface area contributed by atoms with Crippen LogP contribution in [0.15, 0.2) is 29.8 Å². The lowest BCUT2D eigenvalue weighted by molar-refractivity contribution is -0.133. The lowest BCUT2D eigenvalue weighted by Gasteiger charge is -2.09. The van der Waals surface area contributed by atoms with Crippen LogP contribution in [0.5, 0.6) is 5.75 Å². The molecule has 0 atom stereocenters. The Balaban J connectivity index is 3.01. The zero-order valence-corrected chi connectivity index (χ0v) is 9.78. The topological polar surface area (TPSA) is 111 Å². The summed E-state index contributed by atoms with van der Waals surface area (Å²) < 4.78 is 5.14. The third-order valence-corrected chi connectivity index (χ3v) is 2.07. The predicted octanol–water partition coefficient (Wildman–Crippen LogP) is 0.703. The van der Waals surface area contributed by atoms with Crippen LogP contribution in [0.25, 0.3) is 0 Å². The Labute approximate surface area is 103 Å². The van der Waals surface area contributed by atoms with Crippen LogP contribution in [-0.2, 0) is 4.79 Å². The molecule has 6 N–H and O–H groups in total. The number of halogens is 1. The highest BCUT2D eigenvalue weighted by atomic mass is 35.5. The van der Waals surface area contributed by atoms with Crippen LogP contribution in [0.2, 0.25) is 5.02 Å². The lowest BCUT2D eigenvalue weighted by Crippen LogP contribution is -2.31. The van der Waals surface area contributed by atoms with E-state index in [4.69, 9.17) is 33.0 Å². The SMILES string of the molecule is Cc1cc(Cl)cc(O/C(N)=C(/NN)C(=O)O)c1. The van der Waals surface area contributed by atoms with E-state index < -0.39 is 11.7 Å². The lowest BCUT2D eigenvalue weighted by atomic mass is 10.2. The fraction of sp³-hybridized carbons (Fsp3) is 0.100. The van der Waals surface area contributed by atoms with Crippen molar-refractivity contribution in [3.8, 4) is 5.75 Å². The molecule has 92 valence electrons. The van der Waals surface area contributed by atoms with Gasteiger partial charge in [-0.1, -0.05) is 11.6 Å². The summed E-state index contributed by atoms with van der Waals surface area (Å²) in [5, 5.41) is 9.21. The van der Waals surface area contributed by atoms with Crippen molar-refractivity contribution < 1.29 is 14.6 Å². The molecule has 0 aromatic heterocycles. The summed E-state index contributed by atoms with van der Waals surface area (Å²) in [4.78, 5) is 10.7. The fourth-order valence-corrected chi connectivity index (χ4v) is 1.46. The molecular formula is C10H12ClN3O3. The standard InChI is InChI=1S/C10H12ClN3O3/c1-5-2-6(11)4-7(3-5)17-9(12)8(14-13)10(15)16/h2-4,14H,12-13H2,1H3,(H,15,16)/b9-8+. The van der Waals surface area contributed by atoms with Crippen LogP contribution < -0.4 is 21.7 Å². The minimum Gasteiger partial charge on any atom is -0.476 e. The second-order valence-electron chi connectivity index (χ2n) is 3.26. The highest BCUT2D eigenvalue weighted by Crippen LogP contribution is 2.21. The van der Waals surface area contributed by atoms with E-state index in [1.165, 1.54) is 6.07 Å². The maximum Gasteiger partial charge on any atom is 0.358 e. The van der Waals surface area contributed by atoms with Gasteiger partial charge in [-0.2, -0.15) is 0 Å². The van der Waals surface area contributed by atoms with Crippen molar-refractivity contribution in [1.29, 1.82) is 0 Å². The van der Waals surface area contributed by atoms with E-state index in [0.29, 0.717) is 10.8 Å². The molecule has 0 aliphatic rings. The Kier molecular flexibility index (Phi) is 4.19. The number of carbonyl (C=O) groups is 1. The molecule has 1 aromatic rings. The normalized spacial score (nSPS) is 11.7. The van der Waals surface area contributed by atoms with Crippen LogP contribution in [0.3, 0.4) is 0 Å². The number of nitrogens with one attached hydrogen (secondary N) is 1. The number of benzene rings is 1. The Hall–Kier alpha value is -1.92. The van der Waals surface area contributed by atoms with Crippen LogP contribution >= 0.6 is 11.6 Å². The molecule has 17 heavy (non-hydrogen) atoms. The average Bonchev–Trinajstić information content (AvgIpc) is 2.15. The van der Waals surface area contributed by atoms with Gasteiger partial charge in [0.05, 0.1) is 0 Å². The number of hydrogen-bond donors (Lipinski definition) is 4. The predicted molar refractivity (Wildman–Crippen MR) is 63.0 cm³/mol. The van der Waals surface area contributed by atoms with Crippen molar-refractivity contribution >= 4 is 17.6 Å². The van der Waals surface area contributed by atoms with Crippen molar-refractivity contribution in [2.75, 3.05) is 0 Å². The van der Waals surface area contributed by atoms with E-state index >= 15 is 0 Å². The second-order valence-corrected chi connectivity index (χ2v) is 3.69. The number of carboxylic acids is 1. The van der Waals surface area contributed by atoms with Crippen LogP contribution in [0.1, 0.15) is 5.56 Å². The first-order valence-corrected chi connectivity index (χ1v) is 4.96. The summed E-state index contributed by atoms with van der Waals surface area (Å²) >= 11 is 5.82. The summed E-state index contributed by atoms with van der Waals surface area (Å²) in [6.45, 7) is 1.82. The average molecular weight is 258 g/mol. The maximum atomic E-state index is 10.7. The van der Waals surface area contributed by atoms with E-state index in [1.54, 1.807) is 12.1 Å². The molecule has 0 aliphatic heterocycles. The van der Waals surface area contributed by atoms with Gasteiger partial charge in [0.25, 0.3) is 0 Å². The number of nitrogens with two attached hydrogens (primary N) is 2. The molecule has 7 heteroatoms. The molecule has 0 saturated heterocycles. The van der Waals surface area contributed by atoms with Gasteiger partial charge < -0.3 is 21.0 Å². The Bertz CT molecular complexity index is 454. The van der Waals surface area contributed by atoms with E-state index in [2.05, 4.69) is 0 Å². The molecule has 0 fully saturated rings. The minimum absolute atomic E-state index is 0.335. The van der Waals surface area contributed by atoms with Crippen LogP contribution in [0.4, 0.5) is 0 Å². The number of hydrogen-bond acceptors (Lipinski definition) is 5. The molecule has 0 bridgehead atoms. The van der Waals surface area contributed by atoms with Gasteiger partial charge in [-0.25, -0.2) is 4.79 Å². The van der Waals surface area contributed by atoms with Gasteiger partial charge in [-0.3, -0.25) is 5.84 Å². The molecule has 0 aliphatic carbocycles. The Morgan fingerprint density at radius 3 is 2.59 bits per heavy atom. The minimum atomic E-state index is -1.32. The molecule has 0 heterocycles. The first-order valence-electron chi connectivity index (χ1n) is 4.58. The number of hydrazine groups is 1. The summed E-state index contributed by atoms with van der Waals surface area (Å²) in [7, 11) is 0. The molecule has 0 radical (unpaired) electrons. The number of rotatable bonds is 4. The van der Waals surface area contributed by atoms with E-state index in [-0.39, 0.29) is 5.88 Å². The van der Waals surface area contributed by atoms with Crippen LogP contribution in [-0.4, -0.2) is 11.1 Å². The smallest absolute Gasteiger partial charge is 0.358 e. The first kappa shape index (κ1) is 13.1. The monoisotopic (exact) mass is 257 g/mol. The van der Waals surface area contributed by atoms with E-state index in [1.807, 2.05) is 12.3 Å². The number of carboxylic acid groups (broad SMARTS) is 1. The molecule has 0 amide bonds. The number of ether oxygens (including phenoxy) is 1. The van der Waals surface area contributed by atoms with Gasteiger partial charge in [0.15, 0.2) is 5.70 Å². The molecule has 0 unspecified atom stereocenters. The zero-order chi connectivity index (χ0) is 13.0. The van der Waals surface area contributed by atoms with Crippen molar-refractivity contribution in [3.63, 3.8) is 0 Å². The molecule has 6 nitrogen and oxygen atoms in total. The first-order chi connectivity index (χ1) is 7.93. The third kappa shape index (κ3) is 3.54. The largest absolute Gasteiger partial charge is 0.476 e. The highest BCUT2D eigenvalue weighted by Gasteiger charge is 2.13. The molecule has 1 rings (SSSR count).